The number of hydrogen-bond donors (Lipinski definition) is 1. The van der Waals surface area contributed by atoms with Gasteiger partial charge in [-0.1, -0.05) is 0 Å². The molecule has 3 nitrogen and oxygen atoms in total. The van der Waals surface area contributed by atoms with E-state index in [1.807, 2.05) is 38.1 Å². The first-order chi connectivity index (χ1) is 8.54. The number of anilines is 1. The number of benzene rings is 1. The molecular formula is C15H20N2O. The average Bonchev–Trinajstić information content (AvgIpc) is 2.27. The molecule has 0 aliphatic rings. The third-order valence-electron chi connectivity index (χ3n) is 2.47. The topological polar surface area (TPSA) is 34.1 Å². The minimum Gasteiger partial charge on any atom is -0.491 e. The van der Waals surface area contributed by atoms with Crippen molar-refractivity contribution in [1.82, 2.24) is 4.98 Å². The lowest BCUT2D eigenvalue weighted by atomic mass is 10.2. The molecule has 2 aromatic rings. The summed E-state index contributed by atoms with van der Waals surface area (Å²) in [6, 6.07) is 10.5. The Morgan fingerprint density at radius 3 is 2.50 bits per heavy atom. The molecule has 1 N–H and O–H groups in total. The minimum atomic E-state index is 0.192. The van der Waals surface area contributed by atoms with Gasteiger partial charge >= 0.3 is 0 Å². The van der Waals surface area contributed by atoms with E-state index in [0.717, 1.165) is 22.5 Å². The zero-order valence-corrected chi connectivity index (χ0v) is 11.4. The summed E-state index contributed by atoms with van der Waals surface area (Å²) in [5, 5.41) is 4.40. The summed E-state index contributed by atoms with van der Waals surface area (Å²) in [7, 11) is 0. The van der Waals surface area contributed by atoms with Gasteiger partial charge in [0.25, 0.3) is 0 Å². The van der Waals surface area contributed by atoms with Crippen molar-refractivity contribution in [3.05, 3.63) is 30.3 Å². The van der Waals surface area contributed by atoms with Gasteiger partial charge in [-0.3, -0.25) is 0 Å². The molecule has 1 heterocycles. The number of nitrogens with one attached hydrogen (secondary N) is 1. The average molecular weight is 244 g/mol. The number of pyridine rings is 1. The molecule has 1 aromatic carbocycles. The molecule has 96 valence electrons. The molecule has 0 amide bonds. The van der Waals surface area contributed by atoms with Gasteiger partial charge in [-0.05, 0) is 58.0 Å². The standard InChI is InChI=1S/C15H20N2O/c1-10(2)16-15-8-5-12-9-13(18-11(3)4)6-7-14(12)17-15/h5-11H,1-4H3,(H,16,17). The van der Waals surface area contributed by atoms with Crippen molar-refractivity contribution in [3.63, 3.8) is 0 Å². The van der Waals surface area contributed by atoms with Crippen LogP contribution in [0.25, 0.3) is 10.9 Å². The summed E-state index contributed by atoms with van der Waals surface area (Å²) in [6.07, 6.45) is 0.192. The van der Waals surface area contributed by atoms with E-state index in [0.29, 0.717) is 6.04 Å². The van der Waals surface area contributed by atoms with Crippen LogP contribution in [-0.4, -0.2) is 17.1 Å². The third-order valence-corrected chi connectivity index (χ3v) is 2.47. The van der Waals surface area contributed by atoms with Crippen LogP contribution >= 0.6 is 0 Å². The quantitative estimate of drug-likeness (QED) is 0.887. The second kappa shape index (κ2) is 5.25. The molecule has 0 atom stereocenters. The van der Waals surface area contributed by atoms with Crippen LogP contribution in [0.3, 0.4) is 0 Å². The summed E-state index contributed by atoms with van der Waals surface area (Å²) in [4.78, 5) is 4.57. The van der Waals surface area contributed by atoms with Gasteiger partial charge in [-0.25, -0.2) is 4.98 Å². The summed E-state index contributed by atoms with van der Waals surface area (Å²) < 4.78 is 5.67. The summed E-state index contributed by atoms with van der Waals surface area (Å²) in [5.41, 5.74) is 0.983. The van der Waals surface area contributed by atoms with Crippen LogP contribution in [0.2, 0.25) is 0 Å². The highest BCUT2D eigenvalue weighted by molar-refractivity contribution is 5.81. The number of nitrogens with zero attached hydrogens (tertiary/aromatic N) is 1. The summed E-state index contributed by atoms with van der Waals surface area (Å²) in [5.74, 6) is 1.80. The first kappa shape index (κ1) is 12.7. The van der Waals surface area contributed by atoms with Gasteiger partial charge < -0.3 is 10.1 Å². The van der Waals surface area contributed by atoms with Crippen LogP contribution in [0.4, 0.5) is 5.82 Å². The molecule has 0 radical (unpaired) electrons. The maximum absolute atomic E-state index is 5.67. The minimum absolute atomic E-state index is 0.192. The van der Waals surface area contributed by atoms with Gasteiger partial charge in [0.05, 0.1) is 11.6 Å². The Bertz CT molecular complexity index is 486. The van der Waals surface area contributed by atoms with E-state index < -0.39 is 0 Å². The Labute approximate surface area is 108 Å². The van der Waals surface area contributed by atoms with Gasteiger partial charge in [0, 0.05) is 11.4 Å². The smallest absolute Gasteiger partial charge is 0.126 e. The van der Waals surface area contributed by atoms with E-state index in [4.69, 9.17) is 4.74 Å². The number of hydrogen-bond acceptors (Lipinski definition) is 3. The van der Waals surface area contributed by atoms with E-state index >= 15 is 0 Å². The second-order valence-electron chi connectivity index (χ2n) is 5.02. The predicted octanol–water partition coefficient (Wildman–Crippen LogP) is 3.84. The highest BCUT2D eigenvalue weighted by Gasteiger charge is 2.03. The Morgan fingerprint density at radius 2 is 1.83 bits per heavy atom. The Balaban J connectivity index is 2.30. The van der Waals surface area contributed by atoms with Gasteiger partial charge in [0.1, 0.15) is 11.6 Å². The molecule has 18 heavy (non-hydrogen) atoms. The van der Waals surface area contributed by atoms with E-state index in [9.17, 15) is 0 Å². The number of aromatic nitrogens is 1. The molecule has 2 rings (SSSR count). The lowest BCUT2D eigenvalue weighted by Crippen LogP contribution is -2.10. The molecule has 1 aromatic heterocycles. The van der Waals surface area contributed by atoms with Crippen molar-refractivity contribution in [2.24, 2.45) is 0 Å². The first-order valence-electron chi connectivity index (χ1n) is 6.38. The van der Waals surface area contributed by atoms with Crippen molar-refractivity contribution in [2.45, 2.75) is 39.8 Å². The highest BCUT2D eigenvalue weighted by Crippen LogP contribution is 2.22. The predicted molar refractivity (Wildman–Crippen MR) is 76.3 cm³/mol. The van der Waals surface area contributed by atoms with E-state index in [2.05, 4.69) is 30.2 Å². The largest absolute Gasteiger partial charge is 0.491 e. The van der Waals surface area contributed by atoms with Crippen molar-refractivity contribution < 1.29 is 4.74 Å². The molecule has 0 saturated carbocycles. The monoisotopic (exact) mass is 244 g/mol. The highest BCUT2D eigenvalue weighted by atomic mass is 16.5. The van der Waals surface area contributed by atoms with Crippen molar-refractivity contribution in [3.8, 4) is 5.75 Å². The zero-order chi connectivity index (χ0) is 13.1. The molecular weight excluding hydrogens is 224 g/mol. The fourth-order valence-electron chi connectivity index (χ4n) is 1.83. The third kappa shape index (κ3) is 3.13. The molecule has 0 saturated heterocycles. The molecule has 0 aliphatic carbocycles. The van der Waals surface area contributed by atoms with Crippen LogP contribution in [0.15, 0.2) is 30.3 Å². The summed E-state index contributed by atoms with van der Waals surface area (Å²) in [6.45, 7) is 8.26. The summed E-state index contributed by atoms with van der Waals surface area (Å²) >= 11 is 0. The fraction of sp³-hybridized carbons (Fsp3) is 0.400. The van der Waals surface area contributed by atoms with Crippen LogP contribution in [0.5, 0.6) is 5.75 Å². The SMILES string of the molecule is CC(C)Nc1ccc2cc(OC(C)C)ccc2n1. The maximum atomic E-state index is 5.67. The van der Waals surface area contributed by atoms with Crippen LogP contribution in [0, 0.1) is 0 Å². The van der Waals surface area contributed by atoms with E-state index in [1.54, 1.807) is 0 Å². The van der Waals surface area contributed by atoms with Gasteiger partial charge in [0.2, 0.25) is 0 Å². The Hall–Kier alpha value is -1.77. The Morgan fingerprint density at radius 1 is 1.06 bits per heavy atom. The number of rotatable bonds is 4. The maximum Gasteiger partial charge on any atom is 0.126 e. The van der Waals surface area contributed by atoms with Crippen LogP contribution in [0.1, 0.15) is 27.7 Å². The molecule has 0 fully saturated rings. The molecule has 0 spiro atoms. The molecule has 3 heteroatoms. The fourth-order valence-corrected chi connectivity index (χ4v) is 1.83. The molecule has 0 aliphatic heterocycles. The molecule has 0 unspecified atom stereocenters. The van der Waals surface area contributed by atoms with Gasteiger partial charge in [-0.15, -0.1) is 0 Å². The zero-order valence-electron chi connectivity index (χ0n) is 11.4. The van der Waals surface area contributed by atoms with Gasteiger partial charge in [-0.2, -0.15) is 0 Å². The normalized spacial score (nSPS) is 11.2. The van der Waals surface area contributed by atoms with Crippen LogP contribution < -0.4 is 10.1 Å². The van der Waals surface area contributed by atoms with E-state index in [1.165, 1.54) is 0 Å². The van der Waals surface area contributed by atoms with Crippen molar-refractivity contribution in [2.75, 3.05) is 5.32 Å². The number of fused-ring (bicyclic) bond motifs is 1. The van der Waals surface area contributed by atoms with E-state index in [-0.39, 0.29) is 6.10 Å². The van der Waals surface area contributed by atoms with Crippen molar-refractivity contribution in [1.29, 1.82) is 0 Å². The van der Waals surface area contributed by atoms with Gasteiger partial charge in [0.15, 0.2) is 0 Å². The number of ether oxygens (including phenoxy) is 1. The first-order valence-corrected chi connectivity index (χ1v) is 6.38. The lowest BCUT2D eigenvalue weighted by molar-refractivity contribution is 0.243. The van der Waals surface area contributed by atoms with Crippen molar-refractivity contribution >= 4 is 16.7 Å². The Kier molecular flexibility index (Phi) is 3.70. The van der Waals surface area contributed by atoms with Crippen LogP contribution in [-0.2, 0) is 0 Å². The second-order valence-corrected chi connectivity index (χ2v) is 5.02. The molecule has 0 bridgehead atoms. The lowest BCUT2D eigenvalue weighted by Gasteiger charge is -2.12.